The first kappa shape index (κ1) is 23.0. The number of cyclic esters (lactones) is 1. The average Bonchev–Trinajstić information content (AvgIpc) is 3.47. The van der Waals surface area contributed by atoms with Crippen molar-refractivity contribution in [2.75, 3.05) is 20.2 Å². The van der Waals surface area contributed by atoms with Crippen LogP contribution in [0.3, 0.4) is 0 Å². The molecule has 176 valence electrons. The van der Waals surface area contributed by atoms with E-state index in [4.69, 9.17) is 4.74 Å². The van der Waals surface area contributed by atoms with Crippen molar-refractivity contribution in [2.24, 2.45) is 5.41 Å². The molecule has 2 aromatic heterocycles. The smallest absolute Gasteiger partial charge is 0.336 e. The third kappa shape index (κ3) is 5.27. The summed E-state index contributed by atoms with van der Waals surface area (Å²) in [5, 5.41) is 11.2. The van der Waals surface area contributed by atoms with Gasteiger partial charge in [-0.3, -0.25) is 14.7 Å². The highest BCUT2D eigenvalue weighted by atomic mass is 16.5. The van der Waals surface area contributed by atoms with E-state index in [-0.39, 0.29) is 18.0 Å². The van der Waals surface area contributed by atoms with E-state index in [1.54, 1.807) is 29.0 Å². The van der Waals surface area contributed by atoms with Gasteiger partial charge in [0, 0.05) is 19.1 Å². The summed E-state index contributed by atoms with van der Waals surface area (Å²) < 4.78 is 6.64. The molecule has 2 aliphatic rings. The Bertz CT molecular complexity index is 996. The van der Waals surface area contributed by atoms with Crippen LogP contribution in [-0.4, -0.2) is 73.6 Å². The van der Waals surface area contributed by atoms with Crippen LogP contribution >= 0.6 is 0 Å². The molecule has 0 spiro atoms. The van der Waals surface area contributed by atoms with Gasteiger partial charge in [0.25, 0.3) is 0 Å². The molecule has 0 aromatic carbocycles. The number of rotatable bonds is 9. The normalized spacial score (nSPS) is 23.2. The Kier molecular flexibility index (Phi) is 6.83. The third-order valence-electron chi connectivity index (χ3n) is 7.13. The number of hydrogen-bond donors (Lipinski definition) is 0. The quantitative estimate of drug-likeness (QED) is 0.420. The van der Waals surface area contributed by atoms with Crippen LogP contribution in [0.2, 0.25) is 0 Å². The van der Waals surface area contributed by atoms with Gasteiger partial charge in [0.05, 0.1) is 28.8 Å². The highest BCUT2D eigenvalue weighted by Gasteiger charge is 2.34. The molecule has 33 heavy (non-hydrogen) atoms. The maximum atomic E-state index is 11.6. The zero-order chi connectivity index (χ0) is 23.4. The Hall–Kier alpha value is -3.14. The molecule has 1 aliphatic heterocycles. The predicted octanol–water partition coefficient (Wildman–Crippen LogP) is 2.12. The average molecular weight is 454 g/mol. The molecule has 0 atom stereocenters. The number of hydrogen-bond acceptors (Lipinski definition) is 8. The van der Waals surface area contributed by atoms with Crippen molar-refractivity contribution in [3.05, 3.63) is 41.6 Å². The number of esters is 1. The Morgan fingerprint density at radius 3 is 2.67 bits per heavy atom. The molecule has 1 saturated carbocycles. The summed E-state index contributed by atoms with van der Waals surface area (Å²) in [6.07, 6.45) is 9.50. The number of carbonyl (C=O) groups is 2. The minimum atomic E-state index is -0.328. The first-order valence-electron chi connectivity index (χ1n) is 11.4. The van der Waals surface area contributed by atoms with E-state index in [1.165, 1.54) is 0 Å². The van der Waals surface area contributed by atoms with Crippen LogP contribution in [0, 0.1) is 5.41 Å². The van der Waals surface area contributed by atoms with Gasteiger partial charge in [0.1, 0.15) is 12.9 Å². The zero-order valence-corrected chi connectivity index (χ0v) is 19.5. The molecule has 0 saturated heterocycles. The summed E-state index contributed by atoms with van der Waals surface area (Å²) >= 11 is 0. The van der Waals surface area contributed by atoms with E-state index in [9.17, 15) is 9.59 Å². The van der Waals surface area contributed by atoms with Crippen LogP contribution in [0.25, 0.3) is 5.69 Å². The number of carbonyl (C=O) groups excluding carboxylic acids is 2. The fraction of sp³-hybridized carbons (Fsp3) is 0.565. The van der Waals surface area contributed by atoms with Crippen molar-refractivity contribution in [3.8, 4) is 5.69 Å². The highest BCUT2D eigenvalue weighted by molar-refractivity contribution is 5.91. The van der Waals surface area contributed by atoms with Crippen LogP contribution in [0.5, 0.6) is 0 Å². The van der Waals surface area contributed by atoms with Gasteiger partial charge in [-0.15, -0.1) is 5.10 Å². The summed E-state index contributed by atoms with van der Waals surface area (Å²) in [4.78, 5) is 31.9. The molecule has 10 nitrogen and oxygen atoms in total. The molecule has 0 radical (unpaired) electrons. The molecule has 1 fully saturated rings. The molecule has 1 aliphatic carbocycles. The third-order valence-corrected chi connectivity index (χ3v) is 7.13. The number of nitrogens with zero attached hydrogens (tertiary/aromatic N) is 7. The van der Waals surface area contributed by atoms with Gasteiger partial charge >= 0.3 is 5.97 Å². The van der Waals surface area contributed by atoms with E-state index in [1.807, 2.05) is 12.1 Å². The van der Waals surface area contributed by atoms with Gasteiger partial charge in [-0.05, 0) is 74.1 Å². The van der Waals surface area contributed by atoms with Gasteiger partial charge in [-0.1, -0.05) is 6.92 Å². The van der Waals surface area contributed by atoms with Gasteiger partial charge in [0.15, 0.2) is 0 Å². The van der Waals surface area contributed by atoms with Gasteiger partial charge in [0.2, 0.25) is 6.41 Å². The first-order valence-corrected chi connectivity index (χ1v) is 11.4. The van der Waals surface area contributed by atoms with Crippen molar-refractivity contribution in [1.29, 1.82) is 0 Å². The Labute approximate surface area is 193 Å². The van der Waals surface area contributed by atoms with Crippen molar-refractivity contribution < 1.29 is 14.3 Å². The van der Waals surface area contributed by atoms with Gasteiger partial charge in [-0.25, -0.2) is 4.79 Å². The molecule has 2 aromatic rings. The lowest BCUT2D eigenvalue weighted by atomic mass is 9.71. The lowest BCUT2D eigenvalue weighted by molar-refractivity contribution is -0.136. The summed E-state index contributed by atoms with van der Waals surface area (Å²) in [6.45, 7) is 5.62. The van der Waals surface area contributed by atoms with E-state index in [0.29, 0.717) is 23.9 Å². The molecule has 0 N–H and O–H groups in total. The SMILES string of the molecule is CC1=C(N(C=O)CC[C@]2(C)CC[C@@H](N(C)Cc3ccc(-n4cnnn4)cn3)CC2)COC1=O. The highest BCUT2D eigenvalue weighted by Crippen LogP contribution is 2.40. The van der Waals surface area contributed by atoms with Crippen molar-refractivity contribution >= 4 is 12.4 Å². The molecule has 0 unspecified atom stereocenters. The summed E-state index contributed by atoms with van der Waals surface area (Å²) in [6, 6.07) is 4.50. The topological polar surface area (TPSA) is 106 Å². The molecular formula is C23H31N7O3. The molecule has 0 bridgehead atoms. The molecule has 10 heteroatoms. The van der Waals surface area contributed by atoms with Crippen LogP contribution in [-0.2, 0) is 20.9 Å². The monoisotopic (exact) mass is 453 g/mol. The second kappa shape index (κ2) is 9.78. The number of tetrazole rings is 1. The molecule has 4 rings (SSSR count). The minimum absolute atomic E-state index is 0.183. The summed E-state index contributed by atoms with van der Waals surface area (Å²) in [7, 11) is 2.16. The lowest BCUT2D eigenvalue weighted by Gasteiger charge is -2.41. The van der Waals surface area contributed by atoms with E-state index in [2.05, 4.69) is 39.4 Å². The van der Waals surface area contributed by atoms with E-state index in [0.717, 1.165) is 56.4 Å². The predicted molar refractivity (Wildman–Crippen MR) is 120 cm³/mol. The largest absolute Gasteiger partial charge is 0.456 e. The number of ether oxygens (including phenoxy) is 1. The number of amides is 1. The van der Waals surface area contributed by atoms with Crippen LogP contribution < -0.4 is 0 Å². The maximum Gasteiger partial charge on any atom is 0.336 e. The minimum Gasteiger partial charge on any atom is -0.456 e. The van der Waals surface area contributed by atoms with E-state index >= 15 is 0 Å². The number of aromatic nitrogens is 5. The number of pyridine rings is 1. The van der Waals surface area contributed by atoms with Crippen LogP contribution in [0.1, 0.15) is 51.6 Å². The fourth-order valence-corrected chi connectivity index (χ4v) is 4.71. The summed E-state index contributed by atoms with van der Waals surface area (Å²) in [5.41, 5.74) is 3.27. The van der Waals surface area contributed by atoms with Crippen molar-refractivity contribution in [3.63, 3.8) is 0 Å². The van der Waals surface area contributed by atoms with Gasteiger partial charge in [-0.2, -0.15) is 4.68 Å². The second-order valence-electron chi connectivity index (χ2n) is 9.42. The lowest BCUT2D eigenvalue weighted by Crippen LogP contribution is -2.39. The van der Waals surface area contributed by atoms with Gasteiger partial charge < -0.3 is 9.64 Å². The molecule has 3 heterocycles. The Balaban J connectivity index is 1.27. The zero-order valence-electron chi connectivity index (χ0n) is 19.5. The first-order chi connectivity index (χ1) is 15.9. The molecule has 1 amide bonds. The van der Waals surface area contributed by atoms with Crippen LogP contribution in [0.4, 0.5) is 0 Å². The fourth-order valence-electron chi connectivity index (χ4n) is 4.71. The summed E-state index contributed by atoms with van der Waals surface area (Å²) in [5.74, 6) is -0.328. The van der Waals surface area contributed by atoms with Crippen molar-refractivity contribution in [2.45, 2.75) is 58.5 Å². The van der Waals surface area contributed by atoms with Crippen LogP contribution in [0.15, 0.2) is 35.9 Å². The Morgan fingerprint density at radius 2 is 2.09 bits per heavy atom. The Morgan fingerprint density at radius 1 is 1.30 bits per heavy atom. The maximum absolute atomic E-state index is 11.6. The van der Waals surface area contributed by atoms with Crippen molar-refractivity contribution in [1.82, 2.24) is 35.0 Å². The molecular weight excluding hydrogens is 422 g/mol. The second-order valence-corrected chi connectivity index (χ2v) is 9.42. The van der Waals surface area contributed by atoms with E-state index < -0.39 is 0 Å². The standard InChI is InChI=1S/C23H31N7O3/c1-17-21(14-33-22(17)32)29(16-31)11-10-23(2)8-6-19(7-9-23)28(3)13-18-4-5-20(12-24-18)30-15-25-26-27-30/h4-5,12,15-16,19H,6-11,13-14H2,1-3H3/t19-,23-.